The highest BCUT2D eigenvalue weighted by Gasteiger charge is 2.45. The minimum absolute atomic E-state index is 0.0237. The number of carbonyl (C=O) groups excluding carboxylic acids is 3. The first-order chi connectivity index (χ1) is 13.9. The molecule has 0 saturated carbocycles. The van der Waals surface area contributed by atoms with Gasteiger partial charge in [0, 0.05) is 17.7 Å². The molecular weight excluding hydrogens is 400 g/mol. The number of ether oxygens (including phenoxy) is 1. The van der Waals surface area contributed by atoms with E-state index in [-0.39, 0.29) is 23.8 Å². The number of thioether (sulfide) groups is 1. The van der Waals surface area contributed by atoms with Gasteiger partial charge in [-0.25, -0.2) is 4.79 Å². The minimum atomic E-state index is -1.84. The average molecular weight is 416 g/mol. The number of nitro groups is 1. The molecule has 0 aromatic heterocycles. The number of esters is 1. The number of non-ortho nitro benzene ring substituents is 1. The Hall–Kier alpha value is -3.24. The van der Waals surface area contributed by atoms with Crippen LogP contribution in [0.2, 0.25) is 0 Å². The van der Waals surface area contributed by atoms with Crippen LogP contribution in [0.3, 0.4) is 0 Å². The van der Waals surface area contributed by atoms with E-state index in [9.17, 15) is 29.6 Å². The first kappa shape index (κ1) is 20.5. The van der Waals surface area contributed by atoms with Crippen LogP contribution in [0.1, 0.15) is 22.3 Å². The Morgan fingerprint density at radius 3 is 2.45 bits per heavy atom. The average Bonchev–Trinajstić information content (AvgIpc) is 2.72. The molecule has 1 saturated heterocycles. The first-order valence-electron chi connectivity index (χ1n) is 8.52. The van der Waals surface area contributed by atoms with Crippen LogP contribution in [-0.4, -0.2) is 43.5 Å². The van der Waals surface area contributed by atoms with Crippen LogP contribution in [0.5, 0.6) is 0 Å². The number of hydrogen-bond acceptors (Lipinski definition) is 8. The summed E-state index contributed by atoms with van der Waals surface area (Å²) in [4.78, 5) is 47.2. The number of amides is 1. The molecule has 0 bridgehead atoms. The van der Waals surface area contributed by atoms with E-state index in [1.54, 1.807) is 30.3 Å². The summed E-state index contributed by atoms with van der Waals surface area (Å²) in [5.74, 6) is -1.52. The van der Waals surface area contributed by atoms with Gasteiger partial charge in [0.25, 0.3) is 5.69 Å². The van der Waals surface area contributed by atoms with Gasteiger partial charge in [0.05, 0.1) is 16.7 Å². The predicted octanol–water partition coefficient (Wildman–Crippen LogP) is 2.09. The number of β-lactam (4-membered cyclic amide) rings is 1. The smallest absolute Gasteiger partial charge is 0.356 e. The SMILES string of the molecule is O=C(SC1CC(=O)N1C(O)C(=O)OCc1ccc([N+](=O)[O-])cc1)c1ccccc1. The van der Waals surface area contributed by atoms with Crippen molar-refractivity contribution in [1.82, 2.24) is 4.90 Å². The van der Waals surface area contributed by atoms with E-state index >= 15 is 0 Å². The van der Waals surface area contributed by atoms with Crippen LogP contribution in [0.15, 0.2) is 54.6 Å². The van der Waals surface area contributed by atoms with Gasteiger partial charge < -0.3 is 9.84 Å². The number of aliphatic hydroxyl groups is 1. The molecule has 0 spiro atoms. The molecule has 0 radical (unpaired) electrons. The van der Waals surface area contributed by atoms with E-state index in [0.717, 1.165) is 16.7 Å². The molecule has 1 amide bonds. The van der Waals surface area contributed by atoms with E-state index < -0.39 is 28.4 Å². The molecule has 1 heterocycles. The third-order valence-corrected chi connectivity index (χ3v) is 5.32. The van der Waals surface area contributed by atoms with Gasteiger partial charge in [0.1, 0.15) is 6.61 Å². The topological polar surface area (TPSA) is 127 Å². The van der Waals surface area contributed by atoms with Crippen molar-refractivity contribution < 1.29 is 29.2 Å². The van der Waals surface area contributed by atoms with Crippen molar-refractivity contribution in [3.63, 3.8) is 0 Å². The fourth-order valence-corrected chi connectivity index (χ4v) is 3.71. The lowest BCUT2D eigenvalue weighted by atomic mass is 10.2. The Bertz CT molecular complexity index is 933. The molecule has 1 aliphatic rings. The number of nitro benzene ring substituents is 1. The van der Waals surface area contributed by atoms with Crippen molar-refractivity contribution >= 4 is 34.4 Å². The second-order valence-corrected chi connectivity index (χ2v) is 7.29. The zero-order valence-electron chi connectivity index (χ0n) is 15.0. The Kier molecular flexibility index (Phi) is 6.25. The van der Waals surface area contributed by atoms with E-state index in [0.29, 0.717) is 11.1 Å². The summed E-state index contributed by atoms with van der Waals surface area (Å²) >= 11 is 0.850. The van der Waals surface area contributed by atoms with Crippen LogP contribution in [-0.2, 0) is 20.9 Å². The van der Waals surface area contributed by atoms with Crippen LogP contribution in [0.4, 0.5) is 5.69 Å². The zero-order chi connectivity index (χ0) is 21.0. The zero-order valence-corrected chi connectivity index (χ0v) is 15.8. The monoisotopic (exact) mass is 416 g/mol. The van der Waals surface area contributed by atoms with Crippen molar-refractivity contribution in [2.45, 2.75) is 24.6 Å². The summed E-state index contributed by atoms with van der Waals surface area (Å²) in [6, 6.07) is 13.8. The molecule has 2 atom stereocenters. The second-order valence-electron chi connectivity index (χ2n) is 6.14. The summed E-state index contributed by atoms with van der Waals surface area (Å²) < 4.78 is 4.99. The molecule has 150 valence electrons. The van der Waals surface area contributed by atoms with Crippen molar-refractivity contribution in [3.8, 4) is 0 Å². The quantitative estimate of drug-likeness (QED) is 0.315. The van der Waals surface area contributed by atoms with Gasteiger partial charge in [-0.1, -0.05) is 42.1 Å². The van der Waals surface area contributed by atoms with Gasteiger partial charge in [-0.05, 0) is 17.7 Å². The Morgan fingerprint density at radius 1 is 1.21 bits per heavy atom. The summed E-state index contributed by atoms with van der Waals surface area (Å²) in [6.07, 6.45) is -1.81. The molecule has 9 nitrogen and oxygen atoms in total. The van der Waals surface area contributed by atoms with Crippen molar-refractivity contribution in [2.75, 3.05) is 0 Å². The lowest BCUT2D eigenvalue weighted by molar-refractivity contribution is -0.384. The minimum Gasteiger partial charge on any atom is -0.457 e. The molecule has 1 N–H and O–H groups in total. The third kappa shape index (κ3) is 4.79. The molecule has 29 heavy (non-hydrogen) atoms. The fourth-order valence-electron chi connectivity index (χ4n) is 2.62. The fraction of sp³-hybridized carbons (Fsp3) is 0.211. The highest BCUT2D eigenvalue weighted by atomic mass is 32.2. The molecule has 10 heteroatoms. The van der Waals surface area contributed by atoms with Gasteiger partial charge in [-0.3, -0.25) is 24.6 Å². The molecule has 0 aliphatic carbocycles. The van der Waals surface area contributed by atoms with E-state index in [1.807, 2.05) is 0 Å². The molecule has 2 aromatic carbocycles. The molecule has 1 fully saturated rings. The molecular formula is C19H16N2O7S. The largest absolute Gasteiger partial charge is 0.457 e. The number of hydrogen-bond donors (Lipinski definition) is 1. The normalized spacial score (nSPS) is 16.7. The summed E-state index contributed by atoms with van der Waals surface area (Å²) in [6.45, 7) is -0.226. The molecule has 1 aliphatic heterocycles. The van der Waals surface area contributed by atoms with Gasteiger partial charge in [0.15, 0.2) is 0 Å². The summed E-state index contributed by atoms with van der Waals surface area (Å²) in [5.41, 5.74) is 0.831. The highest BCUT2D eigenvalue weighted by molar-refractivity contribution is 8.14. The van der Waals surface area contributed by atoms with E-state index in [2.05, 4.69) is 0 Å². The molecule has 2 unspecified atom stereocenters. The second kappa shape index (κ2) is 8.84. The predicted molar refractivity (Wildman–Crippen MR) is 103 cm³/mol. The maximum absolute atomic E-state index is 12.3. The van der Waals surface area contributed by atoms with Gasteiger partial charge >= 0.3 is 5.97 Å². The van der Waals surface area contributed by atoms with Gasteiger partial charge in [-0.15, -0.1) is 0 Å². The third-order valence-electron chi connectivity index (χ3n) is 4.20. The molecule has 2 aromatic rings. The summed E-state index contributed by atoms with van der Waals surface area (Å²) in [7, 11) is 0. The van der Waals surface area contributed by atoms with Crippen LogP contribution >= 0.6 is 11.8 Å². The standard InChI is InChI=1S/C19H16N2O7S/c22-15-10-16(29-19(25)13-4-2-1-3-5-13)20(15)17(23)18(24)28-11-12-6-8-14(9-7-12)21(26)27/h1-9,16-17,23H,10-11H2. The maximum atomic E-state index is 12.3. The van der Waals surface area contributed by atoms with E-state index in [1.165, 1.54) is 24.3 Å². The highest BCUT2D eigenvalue weighted by Crippen LogP contribution is 2.33. The van der Waals surface area contributed by atoms with Crippen molar-refractivity contribution in [2.24, 2.45) is 0 Å². The van der Waals surface area contributed by atoms with Crippen molar-refractivity contribution in [1.29, 1.82) is 0 Å². The number of rotatable bonds is 7. The maximum Gasteiger partial charge on any atom is 0.356 e. The number of aliphatic hydroxyl groups excluding tert-OH is 1. The number of benzene rings is 2. The number of nitrogens with zero attached hydrogens (tertiary/aromatic N) is 2. The summed E-state index contributed by atoms with van der Waals surface area (Å²) in [5, 5.41) is 19.9. The number of carbonyl (C=O) groups is 3. The van der Waals surface area contributed by atoms with Crippen LogP contribution in [0.25, 0.3) is 0 Å². The Labute approximate surface area is 169 Å². The lowest BCUT2D eigenvalue weighted by Crippen LogP contribution is -2.59. The first-order valence-corrected chi connectivity index (χ1v) is 9.40. The van der Waals surface area contributed by atoms with Crippen molar-refractivity contribution in [3.05, 3.63) is 75.8 Å². The van der Waals surface area contributed by atoms with Gasteiger partial charge in [-0.2, -0.15) is 0 Å². The molecule has 3 rings (SSSR count). The van der Waals surface area contributed by atoms with E-state index in [4.69, 9.17) is 4.74 Å². The lowest BCUT2D eigenvalue weighted by Gasteiger charge is -2.41. The van der Waals surface area contributed by atoms with Gasteiger partial charge in [0.2, 0.25) is 17.3 Å². The Morgan fingerprint density at radius 2 is 1.86 bits per heavy atom. The van der Waals surface area contributed by atoms with Crippen LogP contribution < -0.4 is 0 Å². The number of likely N-dealkylation sites (tertiary alicyclic amines) is 1. The Balaban J connectivity index is 1.55. The van der Waals surface area contributed by atoms with Crippen LogP contribution in [0, 0.1) is 10.1 Å².